The molecule has 8 nitrogen and oxygen atoms in total. The second-order valence-electron chi connectivity index (χ2n) is 9.33. The van der Waals surface area contributed by atoms with E-state index in [9.17, 15) is 9.59 Å². The Bertz CT molecular complexity index is 1490. The molecule has 0 saturated carbocycles. The second kappa shape index (κ2) is 10.0. The Morgan fingerprint density at radius 3 is 2.65 bits per heavy atom. The first-order valence-corrected chi connectivity index (χ1v) is 12.7. The van der Waals surface area contributed by atoms with Gasteiger partial charge in [0.25, 0.3) is 5.91 Å². The predicted molar refractivity (Wildman–Crippen MR) is 139 cm³/mol. The number of halogens is 1. The summed E-state index contributed by atoms with van der Waals surface area (Å²) in [5, 5.41) is 3.97. The van der Waals surface area contributed by atoms with Gasteiger partial charge in [0.2, 0.25) is 5.43 Å². The van der Waals surface area contributed by atoms with Crippen LogP contribution in [0, 0.1) is 0 Å². The van der Waals surface area contributed by atoms with E-state index in [1.807, 2.05) is 41.0 Å². The molecular weight excluding hydrogens is 494 g/mol. The Hall–Kier alpha value is -3.59. The fourth-order valence-electron chi connectivity index (χ4n) is 4.93. The highest BCUT2D eigenvalue weighted by atomic mass is 35.5. The number of benzene rings is 2. The molecule has 4 aromatic rings. The molecule has 1 atom stereocenters. The summed E-state index contributed by atoms with van der Waals surface area (Å²) in [5.74, 6) is 0.871. The maximum Gasteiger partial charge on any atom is 0.257 e. The van der Waals surface area contributed by atoms with Gasteiger partial charge in [-0.3, -0.25) is 14.5 Å². The van der Waals surface area contributed by atoms with Crippen LogP contribution in [-0.4, -0.2) is 41.7 Å². The SMILES string of the molecule is O=C(NCc1ccc(Cl)cc1)c1cn2c3c(cc(CN4CCOCC4)cc3c1=O)OC(c1ccco1)C2. The number of pyridine rings is 1. The fourth-order valence-corrected chi connectivity index (χ4v) is 5.06. The van der Waals surface area contributed by atoms with Crippen LogP contribution in [0.1, 0.15) is 33.3 Å². The van der Waals surface area contributed by atoms with Crippen molar-refractivity contribution in [2.24, 2.45) is 0 Å². The molecule has 6 rings (SSSR count). The Morgan fingerprint density at radius 1 is 1.08 bits per heavy atom. The number of hydrogen-bond donors (Lipinski definition) is 1. The second-order valence-corrected chi connectivity index (χ2v) is 9.77. The van der Waals surface area contributed by atoms with Gasteiger partial charge in [-0.25, -0.2) is 0 Å². The summed E-state index contributed by atoms with van der Waals surface area (Å²) < 4.78 is 19.4. The van der Waals surface area contributed by atoms with Crippen LogP contribution in [0.2, 0.25) is 5.02 Å². The van der Waals surface area contributed by atoms with E-state index < -0.39 is 5.91 Å². The number of amides is 1. The summed E-state index contributed by atoms with van der Waals surface area (Å²) in [5.41, 5.74) is 2.31. The van der Waals surface area contributed by atoms with E-state index in [2.05, 4.69) is 10.2 Å². The van der Waals surface area contributed by atoms with Gasteiger partial charge in [-0.05, 0) is 47.5 Å². The normalized spacial score (nSPS) is 17.5. The summed E-state index contributed by atoms with van der Waals surface area (Å²) in [7, 11) is 0. The summed E-state index contributed by atoms with van der Waals surface area (Å²) in [6, 6.07) is 14.8. The van der Waals surface area contributed by atoms with Gasteiger partial charge in [0.1, 0.15) is 17.1 Å². The molecule has 1 fully saturated rings. The summed E-state index contributed by atoms with van der Waals surface area (Å²) in [4.78, 5) is 29.1. The average molecular weight is 520 g/mol. The third-order valence-corrected chi connectivity index (χ3v) is 7.06. The highest BCUT2D eigenvalue weighted by molar-refractivity contribution is 6.30. The van der Waals surface area contributed by atoms with E-state index in [1.54, 1.807) is 24.6 Å². The Morgan fingerprint density at radius 2 is 1.89 bits per heavy atom. The van der Waals surface area contributed by atoms with Crippen molar-refractivity contribution in [1.82, 2.24) is 14.8 Å². The first-order valence-electron chi connectivity index (χ1n) is 12.3. The smallest absolute Gasteiger partial charge is 0.257 e. The lowest BCUT2D eigenvalue weighted by molar-refractivity contribution is 0.0341. The topological polar surface area (TPSA) is 85.9 Å². The number of furan rings is 1. The summed E-state index contributed by atoms with van der Waals surface area (Å²) in [6.45, 7) is 4.37. The number of aromatic nitrogens is 1. The minimum atomic E-state index is -0.424. The van der Waals surface area contributed by atoms with Crippen molar-refractivity contribution in [3.05, 3.63) is 98.7 Å². The van der Waals surface area contributed by atoms with Crippen LogP contribution >= 0.6 is 11.6 Å². The lowest BCUT2D eigenvalue weighted by atomic mass is 10.0. The predicted octanol–water partition coefficient (Wildman–Crippen LogP) is 4.14. The molecule has 9 heteroatoms. The largest absolute Gasteiger partial charge is 0.478 e. The third kappa shape index (κ3) is 4.87. The number of rotatable bonds is 6. The number of hydrogen-bond acceptors (Lipinski definition) is 6. The van der Waals surface area contributed by atoms with Crippen LogP contribution in [0.5, 0.6) is 5.75 Å². The van der Waals surface area contributed by atoms with Gasteiger partial charge < -0.3 is 23.8 Å². The number of nitrogens with zero attached hydrogens (tertiary/aromatic N) is 2. The molecular formula is C28H26ClN3O5. The van der Waals surface area contributed by atoms with E-state index in [4.69, 9.17) is 25.5 Å². The molecule has 0 bridgehead atoms. The minimum absolute atomic E-state index is 0.0935. The van der Waals surface area contributed by atoms with Crippen molar-refractivity contribution in [2.45, 2.75) is 25.7 Å². The average Bonchev–Trinajstić information content (AvgIpc) is 3.45. The first-order chi connectivity index (χ1) is 18.0. The van der Waals surface area contributed by atoms with E-state index in [0.717, 1.165) is 24.2 Å². The molecule has 2 aliphatic rings. The Labute approximate surface area is 218 Å². The zero-order valence-corrected chi connectivity index (χ0v) is 20.9. The van der Waals surface area contributed by atoms with Crippen LogP contribution in [0.4, 0.5) is 0 Å². The van der Waals surface area contributed by atoms with Crippen molar-refractivity contribution in [1.29, 1.82) is 0 Å². The molecule has 2 aromatic carbocycles. The zero-order chi connectivity index (χ0) is 25.4. The zero-order valence-electron chi connectivity index (χ0n) is 20.1. The molecule has 1 unspecified atom stereocenters. The van der Waals surface area contributed by atoms with Crippen LogP contribution in [0.25, 0.3) is 10.9 Å². The van der Waals surface area contributed by atoms with Gasteiger partial charge in [0.05, 0.1) is 36.9 Å². The summed E-state index contributed by atoms with van der Waals surface area (Å²) >= 11 is 5.96. The highest BCUT2D eigenvalue weighted by Crippen LogP contribution is 2.36. The van der Waals surface area contributed by atoms with E-state index in [1.165, 1.54) is 0 Å². The highest BCUT2D eigenvalue weighted by Gasteiger charge is 2.28. The molecule has 2 aliphatic heterocycles. The summed E-state index contributed by atoms with van der Waals surface area (Å²) in [6.07, 6.45) is 2.86. The van der Waals surface area contributed by atoms with Crippen LogP contribution in [0.15, 0.2) is 70.2 Å². The molecule has 37 heavy (non-hydrogen) atoms. The van der Waals surface area contributed by atoms with Gasteiger partial charge in [0.15, 0.2) is 6.10 Å². The molecule has 190 valence electrons. The van der Waals surface area contributed by atoms with Crippen molar-refractivity contribution in [3.63, 3.8) is 0 Å². The maximum atomic E-state index is 13.6. The maximum absolute atomic E-state index is 13.6. The van der Waals surface area contributed by atoms with E-state index in [0.29, 0.717) is 53.7 Å². The molecule has 2 aromatic heterocycles. The Balaban J connectivity index is 1.38. The molecule has 1 N–H and O–H groups in total. The van der Waals surface area contributed by atoms with Crippen molar-refractivity contribution < 1.29 is 18.7 Å². The first kappa shape index (κ1) is 23.8. The molecule has 0 radical (unpaired) electrons. The minimum Gasteiger partial charge on any atom is -0.478 e. The van der Waals surface area contributed by atoms with Gasteiger partial charge in [0, 0.05) is 37.4 Å². The molecule has 1 saturated heterocycles. The number of nitrogens with one attached hydrogen (secondary N) is 1. The van der Waals surface area contributed by atoms with Crippen LogP contribution < -0.4 is 15.5 Å². The number of carbonyl (C=O) groups excluding carboxylic acids is 1. The molecule has 0 spiro atoms. The van der Waals surface area contributed by atoms with E-state index in [-0.39, 0.29) is 23.6 Å². The van der Waals surface area contributed by atoms with Crippen molar-refractivity contribution in [2.75, 3.05) is 26.3 Å². The monoisotopic (exact) mass is 519 g/mol. The van der Waals surface area contributed by atoms with Crippen molar-refractivity contribution in [3.8, 4) is 5.75 Å². The van der Waals surface area contributed by atoms with Crippen LogP contribution in [-0.2, 0) is 24.4 Å². The Kier molecular flexibility index (Phi) is 6.46. The van der Waals surface area contributed by atoms with Crippen LogP contribution in [0.3, 0.4) is 0 Å². The van der Waals surface area contributed by atoms with Gasteiger partial charge in [-0.2, -0.15) is 0 Å². The van der Waals surface area contributed by atoms with Gasteiger partial charge in [-0.1, -0.05) is 23.7 Å². The number of ether oxygens (including phenoxy) is 2. The quantitative estimate of drug-likeness (QED) is 0.412. The lowest BCUT2D eigenvalue weighted by Crippen LogP contribution is -2.35. The van der Waals surface area contributed by atoms with Gasteiger partial charge in [-0.15, -0.1) is 0 Å². The lowest BCUT2D eigenvalue weighted by Gasteiger charge is -2.30. The standard InChI is InChI=1S/C28H26ClN3O5/c29-20-5-3-18(4-6-20)14-30-28(34)22-16-32-17-25(23-2-1-9-36-23)37-24-13-19(12-21(26(24)32)27(22)33)15-31-7-10-35-11-8-31/h1-6,9,12-13,16,25H,7-8,10-11,14-15,17H2,(H,30,34). The number of morpholine rings is 1. The van der Waals surface area contributed by atoms with Crippen molar-refractivity contribution >= 4 is 28.4 Å². The third-order valence-electron chi connectivity index (χ3n) is 6.81. The number of carbonyl (C=O) groups is 1. The molecule has 4 heterocycles. The fraction of sp³-hybridized carbons (Fsp3) is 0.286. The molecule has 0 aliphatic carbocycles. The van der Waals surface area contributed by atoms with E-state index >= 15 is 0 Å². The molecule has 1 amide bonds. The van der Waals surface area contributed by atoms with Gasteiger partial charge >= 0.3 is 0 Å².